The van der Waals surface area contributed by atoms with Crippen molar-refractivity contribution >= 4 is 56.9 Å². The molecule has 0 aliphatic carbocycles. The van der Waals surface area contributed by atoms with Crippen LogP contribution in [0.2, 0.25) is 0 Å². The summed E-state index contributed by atoms with van der Waals surface area (Å²) >= 11 is 17.6. The molecule has 48 heavy (non-hydrogen) atoms. The van der Waals surface area contributed by atoms with Gasteiger partial charge in [-0.25, -0.2) is 0 Å². The third-order valence-corrected chi connectivity index (χ3v) is 10.5. The van der Waals surface area contributed by atoms with Crippen LogP contribution in [-0.4, -0.2) is 86.2 Å². The number of aliphatic hydroxyl groups excluding tert-OH is 1. The number of rotatable bonds is 19. The van der Waals surface area contributed by atoms with Gasteiger partial charge in [-0.1, -0.05) is 68.6 Å². The Balaban J connectivity index is 2.59. The fourth-order valence-corrected chi connectivity index (χ4v) is 7.69. The Labute approximate surface area is 300 Å². The van der Waals surface area contributed by atoms with E-state index in [1.807, 2.05) is 27.7 Å². The fourth-order valence-electron chi connectivity index (χ4n) is 5.77. The topological polar surface area (TPSA) is 167 Å². The molecule has 0 aromatic heterocycles. The molecule has 4 N–H and O–H groups in total. The van der Waals surface area contributed by atoms with Crippen molar-refractivity contribution in [3.05, 3.63) is 23.8 Å². The van der Waals surface area contributed by atoms with Gasteiger partial charge < -0.3 is 30.4 Å². The first kappa shape index (κ1) is 42.6. The quantitative estimate of drug-likeness (QED) is 0.133. The lowest BCUT2D eigenvalue weighted by Gasteiger charge is -2.34. The molecule has 0 saturated carbocycles. The highest BCUT2D eigenvalue weighted by Crippen LogP contribution is 2.49. The number of aliphatic hydroxyl groups is 1. The van der Waals surface area contributed by atoms with E-state index in [-0.39, 0.29) is 43.0 Å². The maximum absolute atomic E-state index is 14.1. The average Bonchev–Trinajstić information content (AvgIpc) is 3.41. The lowest BCUT2D eigenvalue weighted by molar-refractivity contribution is -0.130. The summed E-state index contributed by atoms with van der Waals surface area (Å²) in [5.41, 5.74) is 5.06. The molecule has 1 aliphatic heterocycles. The van der Waals surface area contributed by atoms with Crippen LogP contribution in [0.4, 0.5) is 0 Å². The monoisotopic (exact) mass is 759 g/mol. The second-order valence-corrected chi connectivity index (χ2v) is 17.6. The van der Waals surface area contributed by atoms with Crippen LogP contribution in [0, 0.1) is 29.1 Å². The molecule has 1 saturated heterocycles. The summed E-state index contributed by atoms with van der Waals surface area (Å²) < 4.78 is 49.1. The lowest BCUT2D eigenvalue weighted by atomic mass is 9.82. The van der Waals surface area contributed by atoms with E-state index in [4.69, 9.17) is 58.9 Å². The van der Waals surface area contributed by atoms with E-state index < -0.39 is 56.1 Å². The predicted molar refractivity (Wildman–Crippen MR) is 186 cm³/mol. The number of ether oxygens (including phenoxy) is 3. The lowest BCUT2D eigenvalue weighted by Crippen LogP contribution is -2.48. The number of nitrogens with zero attached hydrogens (tertiary/aromatic N) is 1. The summed E-state index contributed by atoms with van der Waals surface area (Å²) in [7, 11) is -1.54. The van der Waals surface area contributed by atoms with E-state index in [0.29, 0.717) is 36.7 Å². The summed E-state index contributed by atoms with van der Waals surface area (Å²) in [6.07, 6.45) is -0.508. The van der Waals surface area contributed by atoms with Crippen molar-refractivity contribution in [2.45, 2.75) is 82.8 Å². The summed E-state index contributed by atoms with van der Waals surface area (Å²) in [6, 6.07) is 3.34. The van der Waals surface area contributed by atoms with Crippen molar-refractivity contribution in [1.82, 2.24) is 9.62 Å². The normalized spacial score (nSPS) is 20.6. The van der Waals surface area contributed by atoms with E-state index in [2.05, 4.69) is 5.32 Å². The molecular formula is C32H52Cl3N3O9S. The Kier molecular flexibility index (Phi) is 16.0. The van der Waals surface area contributed by atoms with Crippen LogP contribution in [0.1, 0.15) is 72.4 Å². The number of carbonyl (C=O) groups excluding carboxylic acids is 2. The van der Waals surface area contributed by atoms with Crippen LogP contribution in [-0.2, 0) is 28.8 Å². The van der Waals surface area contributed by atoms with Crippen molar-refractivity contribution in [3.8, 4) is 11.5 Å². The number of amides is 2. The van der Waals surface area contributed by atoms with Gasteiger partial charge in [0.25, 0.3) is 0 Å². The highest BCUT2D eigenvalue weighted by molar-refractivity contribution is 7.84. The Morgan fingerprint density at radius 3 is 2.27 bits per heavy atom. The van der Waals surface area contributed by atoms with E-state index in [1.165, 1.54) is 7.11 Å². The molecule has 1 aromatic carbocycles. The van der Waals surface area contributed by atoms with Crippen molar-refractivity contribution in [2.24, 2.45) is 34.8 Å². The molecule has 1 fully saturated rings. The summed E-state index contributed by atoms with van der Waals surface area (Å²) in [5.74, 6) is -1.40. The zero-order valence-electron chi connectivity index (χ0n) is 29.0. The van der Waals surface area contributed by atoms with Crippen molar-refractivity contribution in [2.75, 3.05) is 40.6 Å². The van der Waals surface area contributed by atoms with Gasteiger partial charge in [-0.15, -0.1) is 0 Å². The van der Waals surface area contributed by atoms with Gasteiger partial charge in [0.05, 0.1) is 37.3 Å². The minimum atomic E-state index is -4.64. The maximum atomic E-state index is 14.1. The molecule has 1 aromatic rings. The highest BCUT2D eigenvalue weighted by Gasteiger charge is 2.53. The van der Waals surface area contributed by atoms with Gasteiger partial charge in [-0.05, 0) is 62.1 Å². The van der Waals surface area contributed by atoms with Gasteiger partial charge in [-0.2, -0.15) is 12.7 Å². The molecule has 1 aliphatic rings. The second kappa shape index (κ2) is 18.1. The fraction of sp³-hybridized carbons (Fsp3) is 0.750. The number of alkyl halides is 3. The summed E-state index contributed by atoms with van der Waals surface area (Å²) in [6.45, 7) is 10.9. The Bertz CT molecular complexity index is 1330. The van der Waals surface area contributed by atoms with Crippen LogP contribution >= 0.6 is 34.8 Å². The first-order valence-corrected chi connectivity index (χ1v) is 18.5. The maximum Gasteiger partial charge on any atom is 0.339 e. The van der Waals surface area contributed by atoms with Crippen LogP contribution in [0.25, 0.3) is 0 Å². The highest BCUT2D eigenvalue weighted by atomic mass is 35.6. The predicted octanol–water partition coefficient (Wildman–Crippen LogP) is 4.78. The van der Waals surface area contributed by atoms with Gasteiger partial charge in [0.2, 0.25) is 15.6 Å². The van der Waals surface area contributed by atoms with Crippen LogP contribution in [0.5, 0.6) is 11.5 Å². The number of nitrogens with one attached hydrogen (secondary N) is 1. The zero-order valence-corrected chi connectivity index (χ0v) is 32.1. The summed E-state index contributed by atoms with van der Waals surface area (Å²) in [5, 5.41) is 14.6. The molecular weight excluding hydrogens is 709 g/mol. The SMILES string of the molecule is COCCCOc1cc([C@H]2[C@H](C(C)C)C[C@@H]([C@@H](O)C[C@H](C(=O)NCC(C)(C)C(N)=O)C(C)C)N2S(=O)(=O)OCC(Cl)(Cl)Cl)ccc1OC. The van der Waals surface area contributed by atoms with Crippen LogP contribution < -0.4 is 20.5 Å². The molecule has 16 heteroatoms. The standard InChI is InChI=1S/C32H52Cl3N3O9S/c1-19(2)22-15-24(25(39)16-23(20(3)4)29(40)37-17-31(5,6)30(36)41)38(48(42,43)47-18-32(33,34)35)28(22)21-10-11-26(45-8)27(14-21)46-13-9-12-44-7/h10-11,14,19-20,22-25,28,39H,9,12-13,15-18H2,1-8H3,(H2,36,41)(H,37,40)/t22-,23-,24-,25-,28-/m0/s1. The number of nitrogens with two attached hydrogens (primary N) is 1. The molecule has 0 spiro atoms. The largest absolute Gasteiger partial charge is 0.493 e. The number of hydrogen-bond acceptors (Lipinski definition) is 9. The van der Waals surface area contributed by atoms with E-state index in [9.17, 15) is 23.1 Å². The van der Waals surface area contributed by atoms with E-state index in [1.54, 1.807) is 39.2 Å². The van der Waals surface area contributed by atoms with E-state index in [0.717, 1.165) is 4.31 Å². The number of benzene rings is 1. The summed E-state index contributed by atoms with van der Waals surface area (Å²) in [4.78, 5) is 25.2. The molecule has 276 valence electrons. The van der Waals surface area contributed by atoms with Crippen molar-refractivity contribution < 1.29 is 41.5 Å². The van der Waals surface area contributed by atoms with Crippen LogP contribution in [0.3, 0.4) is 0 Å². The first-order chi connectivity index (χ1) is 22.2. The Hall–Kier alpha value is -1.58. The minimum absolute atomic E-state index is 0.000122. The molecule has 0 unspecified atom stereocenters. The number of halogens is 3. The van der Waals surface area contributed by atoms with Crippen molar-refractivity contribution in [1.29, 1.82) is 0 Å². The first-order valence-electron chi connectivity index (χ1n) is 16.0. The smallest absolute Gasteiger partial charge is 0.339 e. The third-order valence-electron chi connectivity index (χ3n) is 8.74. The van der Waals surface area contributed by atoms with Crippen LogP contribution in [0.15, 0.2) is 18.2 Å². The molecule has 2 rings (SSSR count). The Morgan fingerprint density at radius 1 is 1.10 bits per heavy atom. The molecule has 2 amide bonds. The van der Waals surface area contributed by atoms with E-state index >= 15 is 0 Å². The molecule has 1 heterocycles. The second-order valence-electron chi connectivity index (χ2n) is 13.5. The molecule has 12 nitrogen and oxygen atoms in total. The third kappa shape index (κ3) is 11.8. The van der Waals surface area contributed by atoms with Gasteiger partial charge in [-0.3, -0.25) is 13.8 Å². The van der Waals surface area contributed by atoms with Gasteiger partial charge in [0, 0.05) is 32.6 Å². The average molecular weight is 761 g/mol. The number of hydrogen-bond donors (Lipinski definition) is 3. The molecule has 0 bridgehead atoms. The number of methoxy groups -OCH3 is 2. The van der Waals surface area contributed by atoms with Gasteiger partial charge in [0.1, 0.15) is 6.61 Å². The molecule has 0 radical (unpaired) electrons. The molecule has 5 atom stereocenters. The van der Waals surface area contributed by atoms with Gasteiger partial charge in [0.15, 0.2) is 11.5 Å². The van der Waals surface area contributed by atoms with Crippen molar-refractivity contribution in [3.63, 3.8) is 0 Å². The minimum Gasteiger partial charge on any atom is -0.493 e. The zero-order chi connectivity index (χ0) is 36.6. The number of primary amides is 1. The Morgan fingerprint density at radius 2 is 1.75 bits per heavy atom. The van der Waals surface area contributed by atoms with Gasteiger partial charge >= 0.3 is 10.3 Å². The number of carbonyl (C=O) groups is 2.